The first-order chi connectivity index (χ1) is 6.72. The van der Waals surface area contributed by atoms with Gasteiger partial charge in [0.25, 0.3) is 0 Å². The molecule has 0 aliphatic heterocycles. The molecule has 0 saturated heterocycles. The molecule has 4 heteroatoms. The first kappa shape index (κ1) is 14.1. The summed E-state index contributed by atoms with van der Waals surface area (Å²) >= 11 is 4.25. The van der Waals surface area contributed by atoms with Crippen molar-refractivity contribution in [3.05, 3.63) is 30.1 Å². The Morgan fingerprint density at radius 1 is 1.64 bits per heavy atom. The average Bonchev–Trinajstić information content (AvgIpc) is 2.21. The van der Waals surface area contributed by atoms with Crippen molar-refractivity contribution in [2.45, 2.75) is 26.4 Å². The van der Waals surface area contributed by atoms with Crippen LogP contribution in [0.5, 0.6) is 5.75 Å². The van der Waals surface area contributed by atoms with Crippen molar-refractivity contribution in [3.63, 3.8) is 0 Å². The van der Waals surface area contributed by atoms with Gasteiger partial charge in [0.2, 0.25) is 0 Å². The average molecular weight is 312 g/mol. The zero-order valence-corrected chi connectivity index (χ0v) is 12.9. The molecular weight excluding hydrogens is 300 g/mol. The van der Waals surface area contributed by atoms with Gasteiger partial charge in [0.1, 0.15) is 0 Å². The van der Waals surface area contributed by atoms with Crippen molar-refractivity contribution < 1.29 is 25.5 Å². The van der Waals surface area contributed by atoms with Gasteiger partial charge in [0.05, 0.1) is 6.10 Å². The van der Waals surface area contributed by atoms with Crippen molar-refractivity contribution in [1.29, 1.82) is 0 Å². The zero-order valence-electron chi connectivity index (χ0n) is 8.39. The maximum absolute atomic E-state index is 12.6. The molecule has 0 heterocycles. The van der Waals surface area contributed by atoms with Crippen LogP contribution in [0.4, 0.5) is 4.39 Å². The first-order valence-electron chi connectivity index (χ1n) is 4.33. The van der Waals surface area contributed by atoms with Crippen LogP contribution in [0.2, 0.25) is 0 Å². The van der Waals surface area contributed by atoms with Gasteiger partial charge in [-0.15, -0.1) is 12.1 Å². The van der Waals surface area contributed by atoms with Gasteiger partial charge >= 0.3 is 30.0 Å². The van der Waals surface area contributed by atoms with Crippen molar-refractivity contribution in [3.8, 4) is 5.75 Å². The Morgan fingerprint density at radius 3 is 2.79 bits per heavy atom. The Balaban J connectivity index is 0.000000791. The third-order valence-electron chi connectivity index (χ3n) is 1.64. The van der Waals surface area contributed by atoms with Gasteiger partial charge in [0, 0.05) is 11.6 Å². The van der Waals surface area contributed by atoms with Gasteiger partial charge in [-0.05, 0) is 13.3 Å². The second-order valence-electron chi connectivity index (χ2n) is 2.71. The molecule has 0 aliphatic carbocycles. The van der Waals surface area contributed by atoms with Crippen molar-refractivity contribution in [2.24, 2.45) is 0 Å². The van der Waals surface area contributed by atoms with Crippen LogP contribution in [0.15, 0.2) is 18.2 Å². The van der Waals surface area contributed by atoms with Crippen molar-refractivity contribution in [1.82, 2.24) is 0 Å². The number of hydrogen-bond acceptors (Lipinski definition) is 1. The van der Waals surface area contributed by atoms with E-state index in [4.69, 9.17) is 4.74 Å². The first-order valence-corrected chi connectivity index (χ1v) is 11.3. The molecule has 14 heavy (non-hydrogen) atoms. The Bertz CT molecular complexity index is 258. The van der Waals surface area contributed by atoms with Crippen LogP contribution < -0.4 is 4.74 Å². The fourth-order valence-corrected chi connectivity index (χ4v) is 0.787. The van der Waals surface area contributed by atoms with Gasteiger partial charge in [-0.2, -0.15) is 6.07 Å². The predicted molar refractivity (Wildman–Crippen MR) is 54.5 cm³/mol. The summed E-state index contributed by atoms with van der Waals surface area (Å²) in [5.41, 5.74) is 0. The third kappa shape index (κ3) is 5.71. The SMILES string of the molecule is CCC(C)Oc1[c-]ccc(F)c1.[Zn+][Br]. The molecule has 1 atom stereocenters. The standard InChI is InChI=1S/C10H12FO.BrH.Zn/c1-3-8(2)12-10-6-4-5-9(11)7-10;;/h4-5,7-8H,3H2,1-2H3;1H;/q-1;;+2/p-1. The monoisotopic (exact) mass is 310 g/mol. The predicted octanol–water partition coefficient (Wildman–Crippen LogP) is 3.65. The summed E-state index contributed by atoms with van der Waals surface area (Å²) in [6, 6.07) is 7.02. The van der Waals surface area contributed by atoms with E-state index in [0.29, 0.717) is 5.75 Å². The van der Waals surface area contributed by atoms with Gasteiger partial charge in [-0.25, -0.2) is 4.39 Å². The van der Waals surface area contributed by atoms with Crippen LogP contribution >= 0.6 is 13.6 Å². The molecule has 0 spiro atoms. The maximum atomic E-state index is 12.6. The Kier molecular flexibility index (Phi) is 8.40. The number of hydrogen-bond donors (Lipinski definition) is 0. The van der Waals surface area contributed by atoms with Crippen molar-refractivity contribution in [2.75, 3.05) is 0 Å². The molecule has 0 bridgehead atoms. The van der Waals surface area contributed by atoms with Gasteiger partial charge < -0.3 is 4.74 Å². The zero-order chi connectivity index (χ0) is 11.0. The van der Waals surface area contributed by atoms with Crippen LogP contribution in [-0.4, -0.2) is 6.10 Å². The normalized spacial score (nSPS) is 11.3. The van der Waals surface area contributed by atoms with Crippen molar-refractivity contribution >= 4 is 13.6 Å². The van der Waals surface area contributed by atoms with Gasteiger partial charge in [-0.1, -0.05) is 13.0 Å². The quantitative estimate of drug-likeness (QED) is 0.611. The van der Waals surface area contributed by atoms with E-state index in [1.54, 1.807) is 0 Å². The van der Waals surface area contributed by atoms with E-state index in [-0.39, 0.29) is 11.9 Å². The molecule has 1 rings (SSSR count). The second kappa shape index (κ2) is 8.37. The number of halogens is 2. The van der Waals surface area contributed by atoms with Crippen LogP contribution in [-0.2, 0) is 16.3 Å². The summed E-state index contributed by atoms with van der Waals surface area (Å²) in [6.45, 7) is 3.96. The molecular formula is C10H12BrFOZn. The molecule has 0 aliphatic rings. The summed E-state index contributed by atoms with van der Waals surface area (Å²) in [5.74, 6) is 0.191. The minimum atomic E-state index is -0.285. The minimum absolute atomic E-state index is 0.114. The summed E-state index contributed by atoms with van der Waals surface area (Å²) in [4.78, 5) is 0. The summed E-state index contributed by atoms with van der Waals surface area (Å²) < 4.78 is 18.0. The summed E-state index contributed by atoms with van der Waals surface area (Å²) in [5, 5.41) is 0. The van der Waals surface area contributed by atoms with E-state index in [0.717, 1.165) is 6.42 Å². The van der Waals surface area contributed by atoms with Crippen LogP contribution in [0.1, 0.15) is 20.3 Å². The molecule has 0 saturated carbocycles. The molecule has 0 radical (unpaired) electrons. The molecule has 0 fully saturated rings. The molecule has 74 valence electrons. The van der Waals surface area contributed by atoms with E-state index in [1.165, 1.54) is 34.5 Å². The van der Waals surface area contributed by atoms with Crippen LogP contribution in [0.3, 0.4) is 0 Å². The Morgan fingerprint density at radius 2 is 2.29 bits per heavy atom. The Hall–Kier alpha value is 0.0534. The Labute approximate surface area is 101 Å². The second-order valence-corrected chi connectivity index (χ2v) is 2.71. The summed E-state index contributed by atoms with van der Waals surface area (Å²) in [7, 11) is 0. The topological polar surface area (TPSA) is 9.23 Å². The van der Waals surface area contributed by atoms with E-state index < -0.39 is 0 Å². The molecule has 0 amide bonds. The molecule has 1 nitrogen and oxygen atoms in total. The fraction of sp³-hybridized carbons (Fsp3) is 0.400. The third-order valence-corrected chi connectivity index (χ3v) is 1.64. The molecule has 0 aromatic heterocycles. The summed E-state index contributed by atoms with van der Waals surface area (Å²) in [6.07, 6.45) is 1.02. The van der Waals surface area contributed by atoms with Crippen LogP contribution in [0, 0.1) is 11.9 Å². The van der Waals surface area contributed by atoms with Gasteiger partial charge in [0.15, 0.2) is 0 Å². The molecule has 1 aromatic carbocycles. The molecule has 1 unspecified atom stereocenters. The van der Waals surface area contributed by atoms with E-state index in [1.807, 2.05) is 13.8 Å². The van der Waals surface area contributed by atoms with E-state index >= 15 is 0 Å². The van der Waals surface area contributed by atoms with Gasteiger partial charge in [-0.3, -0.25) is 0 Å². The number of benzene rings is 1. The number of ether oxygens (including phenoxy) is 1. The fourth-order valence-electron chi connectivity index (χ4n) is 0.787. The number of rotatable bonds is 3. The van der Waals surface area contributed by atoms with E-state index in [2.05, 4.69) is 19.7 Å². The molecule has 0 N–H and O–H groups in total. The van der Waals surface area contributed by atoms with Crippen LogP contribution in [0.25, 0.3) is 0 Å². The molecule has 1 aromatic rings. The van der Waals surface area contributed by atoms with E-state index in [9.17, 15) is 4.39 Å².